The van der Waals surface area contributed by atoms with Gasteiger partial charge in [-0.05, 0) is 37.5 Å². The van der Waals surface area contributed by atoms with Crippen molar-refractivity contribution in [2.75, 3.05) is 14.2 Å². The summed E-state index contributed by atoms with van der Waals surface area (Å²) >= 11 is 0. The summed E-state index contributed by atoms with van der Waals surface area (Å²) < 4.78 is 10.1. The highest BCUT2D eigenvalue weighted by Crippen LogP contribution is 2.50. The molecule has 0 spiro atoms. The zero-order chi connectivity index (χ0) is 17.6. The van der Waals surface area contributed by atoms with Crippen LogP contribution in [-0.4, -0.2) is 26.2 Å². The minimum absolute atomic E-state index is 0.0203. The molecule has 0 N–H and O–H groups in total. The van der Waals surface area contributed by atoms with Crippen LogP contribution in [0.4, 0.5) is 0 Å². The van der Waals surface area contributed by atoms with Gasteiger partial charge in [-0.1, -0.05) is 38.5 Å². The quantitative estimate of drug-likeness (QED) is 0.717. The van der Waals surface area contributed by atoms with Crippen LogP contribution in [0.3, 0.4) is 0 Å². The van der Waals surface area contributed by atoms with E-state index in [-0.39, 0.29) is 11.8 Å². The molecule has 5 heteroatoms. The Morgan fingerprint density at radius 3 is 1.96 bits per heavy atom. The highest BCUT2D eigenvalue weighted by Gasteiger charge is 2.58. The van der Waals surface area contributed by atoms with Crippen molar-refractivity contribution in [1.29, 1.82) is 5.26 Å². The first-order valence-corrected chi connectivity index (χ1v) is 9.19. The van der Waals surface area contributed by atoms with E-state index in [2.05, 4.69) is 6.07 Å². The summed E-state index contributed by atoms with van der Waals surface area (Å²) in [4.78, 5) is 25.5. The lowest BCUT2D eigenvalue weighted by Gasteiger charge is -2.43. The van der Waals surface area contributed by atoms with Crippen molar-refractivity contribution in [1.82, 2.24) is 0 Å². The molecule has 2 aliphatic rings. The second-order valence-electron chi connectivity index (χ2n) is 7.21. The van der Waals surface area contributed by atoms with Crippen molar-refractivity contribution in [2.45, 2.75) is 64.2 Å². The summed E-state index contributed by atoms with van der Waals surface area (Å²) in [6.07, 6.45) is 9.63. The molecule has 0 radical (unpaired) electrons. The average molecular weight is 335 g/mol. The molecular weight excluding hydrogens is 306 g/mol. The van der Waals surface area contributed by atoms with Crippen molar-refractivity contribution in [3.63, 3.8) is 0 Å². The third kappa shape index (κ3) is 3.43. The van der Waals surface area contributed by atoms with E-state index >= 15 is 0 Å². The maximum Gasteiger partial charge on any atom is 0.327 e. The van der Waals surface area contributed by atoms with Crippen LogP contribution in [-0.2, 0) is 19.1 Å². The van der Waals surface area contributed by atoms with Gasteiger partial charge in [0, 0.05) is 0 Å². The molecule has 5 nitrogen and oxygen atoms in total. The fraction of sp³-hybridized carbons (Fsp3) is 0.842. The van der Waals surface area contributed by atoms with E-state index in [4.69, 9.17) is 9.47 Å². The van der Waals surface area contributed by atoms with E-state index in [1.54, 1.807) is 0 Å². The Labute approximate surface area is 144 Å². The smallest absolute Gasteiger partial charge is 0.327 e. The highest BCUT2D eigenvalue weighted by molar-refractivity contribution is 5.88. The molecule has 0 bridgehead atoms. The number of carbonyl (C=O) groups excluding carboxylic acids is 2. The molecule has 0 aromatic carbocycles. The first-order valence-electron chi connectivity index (χ1n) is 9.19. The topological polar surface area (TPSA) is 76.4 Å². The Kier molecular flexibility index (Phi) is 6.65. The fourth-order valence-electron chi connectivity index (χ4n) is 4.83. The normalized spacial score (nSPS) is 23.5. The number of methoxy groups -OCH3 is 2. The zero-order valence-corrected chi connectivity index (χ0v) is 14.9. The van der Waals surface area contributed by atoms with Crippen LogP contribution in [0.25, 0.3) is 0 Å². The minimum atomic E-state index is -1.41. The molecule has 134 valence electrons. The van der Waals surface area contributed by atoms with Crippen LogP contribution >= 0.6 is 0 Å². The predicted octanol–water partition coefficient (Wildman–Crippen LogP) is 3.62. The molecular formula is C19H29NO4. The number of ether oxygens (including phenoxy) is 2. The van der Waals surface area contributed by atoms with Gasteiger partial charge in [0.15, 0.2) is 5.41 Å². The minimum Gasteiger partial charge on any atom is -0.469 e. The summed E-state index contributed by atoms with van der Waals surface area (Å²) in [5.41, 5.74) is -1.41. The van der Waals surface area contributed by atoms with Gasteiger partial charge >= 0.3 is 11.9 Å². The van der Waals surface area contributed by atoms with E-state index in [9.17, 15) is 14.9 Å². The van der Waals surface area contributed by atoms with Crippen molar-refractivity contribution in [3.8, 4) is 6.07 Å². The highest BCUT2D eigenvalue weighted by atomic mass is 16.5. The van der Waals surface area contributed by atoms with Gasteiger partial charge in [-0.2, -0.15) is 5.26 Å². The lowest BCUT2D eigenvalue weighted by molar-refractivity contribution is -0.171. The number of rotatable bonds is 5. The van der Waals surface area contributed by atoms with Gasteiger partial charge < -0.3 is 9.47 Å². The fourth-order valence-corrected chi connectivity index (χ4v) is 4.83. The first kappa shape index (κ1) is 18.8. The van der Waals surface area contributed by atoms with Crippen LogP contribution in [0, 0.1) is 34.5 Å². The molecule has 0 heterocycles. The molecule has 0 aliphatic heterocycles. The Morgan fingerprint density at radius 2 is 1.50 bits per heavy atom. The lowest BCUT2D eigenvalue weighted by atomic mass is 9.58. The van der Waals surface area contributed by atoms with E-state index in [1.165, 1.54) is 14.2 Å². The third-order valence-electron chi connectivity index (χ3n) is 6.02. The zero-order valence-electron chi connectivity index (χ0n) is 14.9. The van der Waals surface area contributed by atoms with Crippen molar-refractivity contribution in [2.24, 2.45) is 23.2 Å². The maximum atomic E-state index is 12.8. The summed E-state index contributed by atoms with van der Waals surface area (Å²) in [5, 5.41) is 10.1. The molecule has 2 atom stereocenters. The van der Waals surface area contributed by atoms with Crippen LogP contribution < -0.4 is 0 Å². The largest absolute Gasteiger partial charge is 0.469 e. The van der Waals surface area contributed by atoms with Gasteiger partial charge in [-0.25, -0.2) is 0 Å². The monoisotopic (exact) mass is 335 g/mol. The van der Waals surface area contributed by atoms with Crippen molar-refractivity contribution < 1.29 is 19.1 Å². The molecule has 2 rings (SSSR count). The summed E-state index contributed by atoms with van der Waals surface area (Å²) in [7, 11) is 2.66. The predicted molar refractivity (Wildman–Crippen MR) is 88.7 cm³/mol. The number of hydrogen-bond acceptors (Lipinski definition) is 5. The molecule has 24 heavy (non-hydrogen) atoms. The molecule has 0 amide bonds. The number of nitrogens with zero attached hydrogens (tertiary/aromatic N) is 1. The number of nitriles is 1. The molecule has 2 saturated carbocycles. The summed E-state index contributed by atoms with van der Waals surface area (Å²) in [6, 6.07) is 2.27. The molecule has 0 saturated heterocycles. The number of esters is 2. The second-order valence-corrected chi connectivity index (χ2v) is 7.21. The Bertz CT molecular complexity index is 486. The second kappa shape index (κ2) is 8.50. The van der Waals surface area contributed by atoms with Crippen molar-refractivity contribution in [3.05, 3.63) is 0 Å². The van der Waals surface area contributed by atoms with Gasteiger partial charge in [0.2, 0.25) is 0 Å². The molecule has 2 aliphatic carbocycles. The van der Waals surface area contributed by atoms with E-state index in [0.717, 1.165) is 64.2 Å². The van der Waals surface area contributed by atoms with E-state index in [0.29, 0.717) is 0 Å². The number of carbonyl (C=O) groups is 2. The van der Waals surface area contributed by atoms with Gasteiger partial charge in [0.05, 0.1) is 26.2 Å². The van der Waals surface area contributed by atoms with Gasteiger partial charge in [0.25, 0.3) is 0 Å². The Hall–Kier alpha value is -1.57. The van der Waals surface area contributed by atoms with Gasteiger partial charge in [0.1, 0.15) is 0 Å². The first-order chi connectivity index (χ1) is 11.6. The molecule has 2 fully saturated rings. The third-order valence-corrected chi connectivity index (χ3v) is 6.02. The van der Waals surface area contributed by atoms with Crippen LogP contribution in [0.2, 0.25) is 0 Å². The molecule has 0 aromatic rings. The van der Waals surface area contributed by atoms with Gasteiger partial charge in [-0.15, -0.1) is 0 Å². The Morgan fingerprint density at radius 1 is 0.958 bits per heavy atom. The summed E-state index contributed by atoms with van der Waals surface area (Å²) in [5.74, 6) is -1.82. The SMILES string of the molecule is COC(=O)C(C1CCCCC1)C(C#N)(C(=O)OC)C1CCCCC1. The maximum absolute atomic E-state index is 12.8. The Balaban J connectivity index is 2.48. The number of hydrogen-bond donors (Lipinski definition) is 0. The molecule has 2 unspecified atom stereocenters. The van der Waals surface area contributed by atoms with Crippen LogP contribution in [0.1, 0.15) is 64.2 Å². The van der Waals surface area contributed by atoms with Crippen LogP contribution in [0.15, 0.2) is 0 Å². The van der Waals surface area contributed by atoms with E-state index < -0.39 is 23.3 Å². The van der Waals surface area contributed by atoms with E-state index in [1.807, 2.05) is 0 Å². The standard InChI is InChI=1S/C19H29NO4/c1-23-17(21)16(14-9-5-3-6-10-14)19(13-20,18(22)24-2)15-11-7-4-8-12-15/h14-16H,3-12H2,1-2H3. The summed E-state index contributed by atoms with van der Waals surface area (Å²) in [6.45, 7) is 0. The van der Waals surface area contributed by atoms with Crippen molar-refractivity contribution >= 4 is 11.9 Å². The van der Waals surface area contributed by atoms with Gasteiger partial charge in [-0.3, -0.25) is 9.59 Å². The lowest BCUT2D eigenvalue weighted by Crippen LogP contribution is -2.52. The molecule has 0 aromatic heterocycles. The average Bonchev–Trinajstić information content (AvgIpc) is 2.66. The van der Waals surface area contributed by atoms with Crippen LogP contribution in [0.5, 0.6) is 0 Å².